The van der Waals surface area contributed by atoms with Crippen molar-refractivity contribution in [3.63, 3.8) is 0 Å². The number of nitrogens with one attached hydrogen (secondary N) is 2. The van der Waals surface area contributed by atoms with E-state index >= 15 is 0 Å². The maximum atomic E-state index is 13.8. The van der Waals surface area contributed by atoms with Crippen LogP contribution >= 0.6 is 23.1 Å². The fraction of sp³-hybridized carbons (Fsp3) is 0.419. The first-order chi connectivity index (χ1) is 20.3. The molecule has 2 N–H and O–H groups in total. The Morgan fingerprint density at radius 3 is 2.69 bits per heavy atom. The van der Waals surface area contributed by atoms with Crippen LogP contribution in [0.3, 0.4) is 0 Å². The first-order valence-electron chi connectivity index (χ1n) is 14.2. The Hall–Kier alpha value is -3.41. The average molecular weight is 611 g/mol. The van der Waals surface area contributed by atoms with Crippen molar-refractivity contribution in [2.75, 3.05) is 25.6 Å². The fourth-order valence-corrected chi connectivity index (χ4v) is 6.54. The SMILES string of the molecule is CC[C@@H](Sc1nc2c(sc3ccccc32)c(=O)n1CCCC(=O)NCCCOC(C)C)C(=O)Nc1cccc(OC)c1. The predicted octanol–water partition coefficient (Wildman–Crippen LogP) is 5.84. The number of carbonyl (C=O) groups is 2. The van der Waals surface area contributed by atoms with Gasteiger partial charge in [0.25, 0.3) is 5.56 Å². The van der Waals surface area contributed by atoms with Crippen LogP contribution in [0.2, 0.25) is 0 Å². The van der Waals surface area contributed by atoms with Crippen LogP contribution in [0.5, 0.6) is 5.75 Å². The van der Waals surface area contributed by atoms with Gasteiger partial charge in [-0.25, -0.2) is 4.98 Å². The van der Waals surface area contributed by atoms with Crippen LogP contribution in [0, 0.1) is 0 Å². The van der Waals surface area contributed by atoms with Gasteiger partial charge < -0.3 is 20.1 Å². The highest BCUT2D eigenvalue weighted by Gasteiger charge is 2.24. The molecule has 9 nitrogen and oxygen atoms in total. The summed E-state index contributed by atoms with van der Waals surface area (Å²) in [4.78, 5) is 44.5. The molecule has 0 radical (unpaired) electrons. The second-order valence-corrected chi connectivity index (χ2v) is 12.3. The molecule has 42 heavy (non-hydrogen) atoms. The van der Waals surface area contributed by atoms with Gasteiger partial charge in [-0.3, -0.25) is 19.0 Å². The van der Waals surface area contributed by atoms with Gasteiger partial charge >= 0.3 is 0 Å². The number of hydrogen-bond acceptors (Lipinski definition) is 8. The summed E-state index contributed by atoms with van der Waals surface area (Å²) in [5.74, 6) is 0.390. The Kier molecular flexibility index (Phi) is 11.4. The first-order valence-corrected chi connectivity index (χ1v) is 15.9. The third kappa shape index (κ3) is 8.11. The number of methoxy groups -OCH3 is 1. The number of hydrogen-bond donors (Lipinski definition) is 2. The maximum Gasteiger partial charge on any atom is 0.272 e. The molecule has 1 atom stereocenters. The zero-order chi connectivity index (χ0) is 30.1. The predicted molar refractivity (Wildman–Crippen MR) is 171 cm³/mol. The lowest BCUT2D eigenvalue weighted by Crippen LogP contribution is -2.29. The van der Waals surface area contributed by atoms with Crippen molar-refractivity contribution in [3.8, 4) is 5.75 Å². The third-order valence-electron chi connectivity index (χ3n) is 6.58. The molecule has 2 aromatic carbocycles. The summed E-state index contributed by atoms with van der Waals surface area (Å²) >= 11 is 2.69. The maximum absolute atomic E-state index is 13.8. The first kappa shape index (κ1) is 31.5. The number of carbonyl (C=O) groups excluding carboxylic acids is 2. The summed E-state index contributed by atoms with van der Waals surface area (Å²) in [6.45, 7) is 7.35. The summed E-state index contributed by atoms with van der Waals surface area (Å²) in [6, 6.07) is 15.0. The van der Waals surface area contributed by atoms with Crippen molar-refractivity contribution in [1.29, 1.82) is 0 Å². The van der Waals surface area contributed by atoms with E-state index in [0.29, 0.717) is 59.3 Å². The number of thioether (sulfide) groups is 1. The summed E-state index contributed by atoms with van der Waals surface area (Å²) in [5, 5.41) is 6.77. The van der Waals surface area contributed by atoms with Gasteiger partial charge in [-0.15, -0.1) is 11.3 Å². The van der Waals surface area contributed by atoms with Gasteiger partial charge in [0.05, 0.1) is 24.0 Å². The average Bonchev–Trinajstić information content (AvgIpc) is 3.35. The van der Waals surface area contributed by atoms with E-state index in [0.717, 1.165) is 16.5 Å². The Balaban J connectivity index is 1.53. The molecule has 4 rings (SSSR count). The summed E-state index contributed by atoms with van der Waals surface area (Å²) in [5.41, 5.74) is 1.12. The lowest BCUT2D eigenvalue weighted by Gasteiger charge is -2.18. The van der Waals surface area contributed by atoms with Crippen molar-refractivity contribution in [1.82, 2.24) is 14.9 Å². The van der Waals surface area contributed by atoms with Crippen LogP contribution in [0.1, 0.15) is 46.5 Å². The van der Waals surface area contributed by atoms with E-state index in [2.05, 4.69) is 10.6 Å². The normalized spacial score (nSPS) is 12.1. The van der Waals surface area contributed by atoms with E-state index in [4.69, 9.17) is 14.5 Å². The van der Waals surface area contributed by atoms with E-state index in [1.165, 1.54) is 23.1 Å². The highest BCUT2D eigenvalue weighted by Crippen LogP contribution is 2.33. The molecular formula is C31H38N4O5S2. The van der Waals surface area contributed by atoms with E-state index < -0.39 is 5.25 Å². The number of rotatable bonds is 15. The number of fused-ring (bicyclic) bond motifs is 3. The van der Waals surface area contributed by atoms with Crippen LogP contribution in [-0.2, 0) is 20.9 Å². The van der Waals surface area contributed by atoms with Crippen LogP contribution in [0.4, 0.5) is 5.69 Å². The number of thiophene rings is 1. The second kappa shape index (κ2) is 15.2. The standard InChI is InChI=1S/C31H38N4O5S2/c1-5-24(29(37)33-21-11-8-12-22(19-21)39-4)42-31-34-27-23-13-6-7-14-25(23)41-28(27)30(38)35(31)17-9-15-26(36)32-16-10-18-40-20(2)3/h6-8,11-14,19-20,24H,5,9-10,15-18H2,1-4H3,(H,32,36)(H,33,37)/t24-/m1/s1. The molecule has 0 spiro atoms. The number of aromatic nitrogens is 2. The van der Waals surface area contributed by atoms with E-state index in [1.807, 2.05) is 57.2 Å². The monoisotopic (exact) mass is 610 g/mol. The van der Waals surface area contributed by atoms with Gasteiger partial charge in [0, 0.05) is 48.0 Å². The molecule has 0 bridgehead atoms. The Labute approximate surface area is 254 Å². The van der Waals surface area contributed by atoms with Crippen molar-refractivity contribution < 1.29 is 19.1 Å². The molecular weight excluding hydrogens is 572 g/mol. The summed E-state index contributed by atoms with van der Waals surface area (Å²) in [6.07, 6.45) is 2.18. The molecule has 11 heteroatoms. The number of anilines is 1. The van der Waals surface area contributed by atoms with E-state index in [9.17, 15) is 14.4 Å². The Bertz CT molecular complexity index is 1580. The van der Waals surface area contributed by atoms with Gasteiger partial charge in [-0.05, 0) is 51.3 Å². The van der Waals surface area contributed by atoms with Gasteiger partial charge in [0.2, 0.25) is 11.8 Å². The van der Waals surface area contributed by atoms with Crippen molar-refractivity contribution in [3.05, 3.63) is 58.9 Å². The molecule has 0 fully saturated rings. The van der Waals surface area contributed by atoms with Crippen LogP contribution in [0.25, 0.3) is 20.3 Å². The third-order valence-corrected chi connectivity index (χ3v) is 9.08. The Morgan fingerprint density at radius 1 is 1.12 bits per heavy atom. The molecule has 2 amide bonds. The van der Waals surface area contributed by atoms with Crippen LogP contribution in [0.15, 0.2) is 58.5 Å². The van der Waals surface area contributed by atoms with E-state index in [-0.39, 0.29) is 29.9 Å². The van der Waals surface area contributed by atoms with Crippen molar-refractivity contribution in [2.24, 2.45) is 0 Å². The zero-order valence-corrected chi connectivity index (χ0v) is 26.1. The summed E-state index contributed by atoms with van der Waals surface area (Å²) in [7, 11) is 1.58. The quantitative estimate of drug-likeness (QED) is 0.0988. The largest absolute Gasteiger partial charge is 0.497 e. The fourth-order valence-electron chi connectivity index (χ4n) is 4.42. The zero-order valence-electron chi connectivity index (χ0n) is 24.5. The van der Waals surface area contributed by atoms with Gasteiger partial charge in [-0.1, -0.05) is 43.0 Å². The number of amides is 2. The molecule has 0 saturated carbocycles. The summed E-state index contributed by atoms with van der Waals surface area (Å²) < 4.78 is 14.0. The highest BCUT2D eigenvalue weighted by molar-refractivity contribution is 8.00. The van der Waals surface area contributed by atoms with Crippen molar-refractivity contribution >= 4 is 60.9 Å². The van der Waals surface area contributed by atoms with Gasteiger partial charge in [0.15, 0.2) is 5.16 Å². The lowest BCUT2D eigenvalue weighted by molar-refractivity contribution is -0.121. The molecule has 224 valence electrons. The number of benzene rings is 2. The van der Waals surface area contributed by atoms with Crippen molar-refractivity contribution in [2.45, 2.75) is 69.5 Å². The Morgan fingerprint density at radius 2 is 1.93 bits per heavy atom. The topological polar surface area (TPSA) is 112 Å². The molecule has 2 heterocycles. The van der Waals surface area contributed by atoms with E-state index in [1.54, 1.807) is 23.8 Å². The molecule has 0 aliphatic carbocycles. The van der Waals surface area contributed by atoms with Gasteiger partial charge in [-0.2, -0.15) is 0 Å². The number of nitrogens with zero attached hydrogens (tertiary/aromatic N) is 2. The van der Waals surface area contributed by atoms with Crippen LogP contribution < -0.4 is 20.9 Å². The lowest BCUT2D eigenvalue weighted by atomic mass is 10.2. The minimum absolute atomic E-state index is 0.0678. The molecule has 2 aromatic heterocycles. The molecule has 0 aliphatic heterocycles. The molecule has 0 saturated heterocycles. The minimum atomic E-state index is -0.493. The molecule has 0 aliphatic rings. The number of ether oxygens (including phenoxy) is 2. The minimum Gasteiger partial charge on any atom is -0.497 e. The molecule has 4 aromatic rings. The smallest absolute Gasteiger partial charge is 0.272 e. The van der Waals surface area contributed by atoms with Crippen LogP contribution in [-0.4, -0.2) is 53.0 Å². The van der Waals surface area contributed by atoms with Gasteiger partial charge in [0.1, 0.15) is 10.4 Å². The highest BCUT2D eigenvalue weighted by atomic mass is 32.2. The molecule has 0 unspecified atom stereocenters. The second-order valence-electron chi connectivity index (χ2n) is 10.1.